The van der Waals surface area contributed by atoms with Crippen LogP contribution in [0, 0.1) is 0 Å². The molecule has 1 saturated heterocycles. The van der Waals surface area contributed by atoms with Crippen LogP contribution in [0.15, 0.2) is 18.2 Å². The molecule has 1 aliphatic heterocycles. The summed E-state index contributed by atoms with van der Waals surface area (Å²) in [4.78, 5) is 0. The van der Waals surface area contributed by atoms with Crippen molar-refractivity contribution in [3.63, 3.8) is 0 Å². The van der Waals surface area contributed by atoms with E-state index >= 15 is 0 Å². The standard InChI is InChI=1S/C15H22O5/c1-17-13-6-3-5-11(15(13)18-2)12(16)7-8-14-19-9-4-10-20-14/h3,5-6,12,14,16H,4,7-10H2,1-2H3. The van der Waals surface area contributed by atoms with Gasteiger partial charge in [0.1, 0.15) is 0 Å². The molecule has 0 amide bonds. The van der Waals surface area contributed by atoms with E-state index in [4.69, 9.17) is 18.9 Å². The van der Waals surface area contributed by atoms with E-state index in [0.717, 1.165) is 25.2 Å². The van der Waals surface area contributed by atoms with E-state index < -0.39 is 6.10 Å². The molecule has 0 bridgehead atoms. The highest BCUT2D eigenvalue weighted by atomic mass is 16.7. The number of hydrogen-bond donors (Lipinski definition) is 1. The first-order valence-corrected chi connectivity index (χ1v) is 6.88. The molecule has 1 unspecified atom stereocenters. The number of rotatable bonds is 6. The van der Waals surface area contributed by atoms with E-state index in [9.17, 15) is 5.11 Å². The van der Waals surface area contributed by atoms with Crippen molar-refractivity contribution in [1.82, 2.24) is 0 Å². The van der Waals surface area contributed by atoms with Crippen molar-refractivity contribution in [3.8, 4) is 11.5 Å². The van der Waals surface area contributed by atoms with E-state index in [2.05, 4.69) is 0 Å². The lowest BCUT2D eigenvalue weighted by molar-refractivity contribution is -0.183. The minimum Gasteiger partial charge on any atom is -0.493 e. The summed E-state index contributed by atoms with van der Waals surface area (Å²) in [6, 6.07) is 5.49. The maximum absolute atomic E-state index is 10.3. The van der Waals surface area contributed by atoms with E-state index in [0.29, 0.717) is 24.3 Å². The minimum atomic E-state index is -0.630. The summed E-state index contributed by atoms with van der Waals surface area (Å²) in [5.74, 6) is 1.20. The third kappa shape index (κ3) is 3.62. The van der Waals surface area contributed by atoms with Crippen LogP contribution in [0.2, 0.25) is 0 Å². The molecular weight excluding hydrogens is 260 g/mol. The Bertz CT molecular complexity index is 415. The molecule has 0 spiro atoms. The Labute approximate surface area is 119 Å². The number of aliphatic hydroxyl groups is 1. The highest BCUT2D eigenvalue weighted by Gasteiger charge is 2.20. The Balaban J connectivity index is 1.99. The average molecular weight is 282 g/mol. The average Bonchev–Trinajstić information content (AvgIpc) is 2.52. The number of para-hydroxylation sites is 1. The summed E-state index contributed by atoms with van der Waals surface area (Å²) in [6.07, 6.45) is 1.29. The number of benzene rings is 1. The molecule has 0 aliphatic carbocycles. The molecule has 1 aliphatic rings. The Morgan fingerprint density at radius 2 is 2.00 bits per heavy atom. The van der Waals surface area contributed by atoms with Gasteiger partial charge < -0.3 is 24.1 Å². The van der Waals surface area contributed by atoms with Crippen molar-refractivity contribution in [2.45, 2.75) is 31.7 Å². The van der Waals surface area contributed by atoms with E-state index in [-0.39, 0.29) is 6.29 Å². The lowest BCUT2D eigenvalue weighted by Gasteiger charge is -2.24. The predicted molar refractivity (Wildman–Crippen MR) is 74.0 cm³/mol. The first kappa shape index (κ1) is 15.1. The summed E-state index contributed by atoms with van der Waals surface area (Å²) >= 11 is 0. The summed E-state index contributed by atoms with van der Waals surface area (Å²) in [5, 5.41) is 10.3. The lowest BCUT2D eigenvalue weighted by Crippen LogP contribution is -2.25. The van der Waals surface area contributed by atoms with Crippen LogP contribution < -0.4 is 9.47 Å². The Kier molecular flexibility index (Phi) is 5.64. The maximum Gasteiger partial charge on any atom is 0.166 e. The second-order valence-electron chi connectivity index (χ2n) is 4.70. The molecule has 1 N–H and O–H groups in total. The molecule has 2 rings (SSSR count). The molecule has 5 nitrogen and oxygen atoms in total. The Morgan fingerprint density at radius 1 is 1.25 bits per heavy atom. The van der Waals surface area contributed by atoms with Crippen LogP contribution in [0.3, 0.4) is 0 Å². The first-order valence-electron chi connectivity index (χ1n) is 6.88. The molecule has 1 aromatic carbocycles. The molecule has 1 atom stereocenters. The van der Waals surface area contributed by atoms with Crippen LogP contribution in [0.4, 0.5) is 0 Å². The summed E-state index contributed by atoms with van der Waals surface area (Å²) < 4.78 is 21.5. The molecule has 112 valence electrons. The summed E-state index contributed by atoms with van der Waals surface area (Å²) in [5.41, 5.74) is 0.725. The molecule has 0 aromatic heterocycles. The van der Waals surface area contributed by atoms with Crippen molar-refractivity contribution in [1.29, 1.82) is 0 Å². The van der Waals surface area contributed by atoms with Crippen molar-refractivity contribution in [3.05, 3.63) is 23.8 Å². The highest BCUT2D eigenvalue weighted by molar-refractivity contribution is 5.47. The second-order valence-corrected chi connectivity index (χ2v) is 4.70. The third-order valence-electron chi connectivity index (χ3n) is 3.36. The quantitative estimate of drug-likeness (QED) is 0.867. The summed E-state index contributed by atoms with van der Waals surface area (Å²) in [7, 11) is 3.15. The van der Waals surface area contributed by atoms with E-state index in [1.54, 1.807) is 14.2 Å². The van der Waals surface area contributed by atoms with Gasteiger partial charge >= 0.3 is 0 Å². The van der Waals surface area contributed by atoms with E-state index in [1.165, 1.54) is 0 Å². The van der Waals surface area contributed by atoms with E-state index in [1.807, 2.05) is 18.2 Å². The van der Waals surface area contributed by atoms with Gasteiger partial charge in [0.25, 0.3) is 0 Å². The Hall–Kier alpha value is -1.30. The van der Waals surface area contributed by atoms with Gasteiger partial charge in [0, 0.05) is 12.0 Å². The Morgan fingerprint density at radius 3 is 2.65 bits per heavy atom. The van der Waals surface area contributed by atoms with Gasteiger partial charge in [-0.2, -0.15) is 0 Å². The van der Waals surface area contributed by atoms with Gasteiger partial charge in [-0.15, -0.1) is 0 Å². The van der Waals surface area contributed by atoms with Gasteiger partial charge in [-0.1, -0.05) is 12.1 Å². The zero-order chi connectivity index (χ0) is 14.4. The number of ether oxygens (including phenoxy) is 4. The zero-order valence-corrected chi connectivity index (χ0v) is 12.0. The van der Waals surface area contributed by atoms with Gasteiger partial charge in [-0.25, -0.2) is 0 Å². The molecule has 0 radical (unpaired) electrons. The van der Waals surface area contributed by atoms with Crippen LogP contribution in [0.5, 0.6) is 11.5 Å². The fraction of sp³-hybridized carbons (Fsp3) is 0.600. The van der Waals surface area contributed by atoms with Gasteiger partial charge in [0.2, 0.25) is 0 Å². The third-order valence-corrected chi connectivity index (χ3v) is 3.36. The largest absolute Gasteiger partial charge is 0.493 e. The van der Waals surface area contributed by atoms with Gasteiger partial charge in [0.05, 0.1) is 33.5 Å². The molecule has 1 aromatic rings. The lowest BCUT2D eigenvalue weighted by atomic mass is 10.0. The maximum atomic E-state index is 10.3. The monoisotopic (exact) mass is 282 g/mol. The zero-order valence-electron chi connectivity index (χ0n) is 12.0. The van der Waals surface area contributed by atoms with Crippen molar-refractivity contribution < 1.29 is 24.1 Å². The van der Waals surface area contributed by atoms with Gasteiger partial charge in [0.15, 0.2) is 17.8 Å². The normalized spacial score (nSPS) is 17.8. The molecule has 0 saturated carbocycles. The van der Waals surface area contributed by atoms with Gasteiger partial charge in [-0.3, -0.25) is 0 Å². The molecular formula is C15H22O5. The van der Waals surface area contributed by atoms with Crippen molar-refractivity contribution in [2.24, 2.45) is 0 Å². The highest BCUT2D eigenvalue weighted by Crippen LogP contribution is 2.36. The summed E-state index contributed by atoms with van der Waals surface area (Å²) in [6.45, 7) is 1.45. The molecule has 1 fully saturated rings. The second kappa shape index (κ2) is 7.47. The fourth-order valence-corrected chi connectivity index (χ4v) is 2.33. The van der Waals surface area contributed by atoms with Crippen LogP contribution in [-0.2, 0) is 9.47 Å². The van der Waals surface area contributed by atoms with Gasteiger partial charge in [-0.05, 0) is 18.9 Å². The molecule has 5 heteroatoms. The fourth-order valence-electron chi connectivity index (χ4n) is 2.33. The number of hydrogen-bond acceptors (Lipinski definition) is 5. The topological polar surface area (TPSA) is 57.2 Å². The SMILES string of the molecule is COc1cccc(C(O)CCC2OCCCO2)c1OC. The molecule has 20 heavy (non-hydrogen) atoms. The van der Waals surface area contributed by atoms with Crippen LogP contribution >= 0.6 is 0 Å². The predicted octanol–water partition coefficient (Wildman–Crippen LogP) is 2.28. The van der Waals surface area contributed by atoms with Crippen LogP contribution in [0.1, 0.15) is 30.9 Å². The molecule has 1 heterocycles. The smallest absolute Gasteiger partial charge is 0.166 e. The van der Waals surface area contributed by atoms with Crippen molar-refractivity contribution in [2.75, 3.05) is 27.4 Å². The number of aliphatic hydroxyl groups excluding tert-OH is 1. The minimum absolute atomic E-state index is 0.213. The number of methoxy groups -OCH3 is 2. The first-order chi connectivity index (χ1) is 9.76. The van der Waals surface area contributed by atoms with Crippen molar-refractivity contribution >= 4 is 0 Å². The van der Waals surface area contributed by atoms with Crippen LogP contribution in [0.25, 0.3) is 0 Å². The van der Waals surface area contributed by atoms with Crippen LogP contribution in [-0.4, -0.2) is 38.8 Å².